The Balaban J connectivity index is 1.54. The molecule has 3 N–H and O–H groups in total. The summed E-state index contributed by atoms with van der Waals surface area (Å²) in [5.41, 5.74) is 8.71. The third-order valence-electron chi connectivity index (χ3n) is 4.54. The lowest BCUT2D eigenvalue weighted by atomic mass is 10.1. The van der Waals surface area contributed by atoms with Crippen LogP contribution in [-0.2, 0) is 12.8 Å². The number of halogens is 1. The average molecular weight is 434 g/mol. The van der Waals surface area contributed by atoms with Crippen molar-refractivity contribution in [1.82, 2.24) is 29.8 Å². The Kier molecular flexibility index (Phi) is 6.13. The van der Waals surface area contributed by atoms with Crippen LogP contribution in [0.3, 0.4) is 0 Å². The first-order valence-corrected chi connectivity index (χ1v) is 9.94. The van der Waals surface area contributed by atoms with Gasteiger partial charge < -0.3 is 11.1 Å². The van der Waals surface area contributed by atoms with E-state index >= 15 is 0 Å². The standard InChI is InChI=1S/C21H20ClN9/c1-24-18(7-9-23)28-21-25-10-8-17(27-21)15-12-20-30-29-19(31(20)26-13-15)6-5-14-3-2-4-16(22)11-14/h2-4,7-13H,5-6,23H2,1H3,(H,24,25,27,28). The largest absolute Gasteiger partial charge is 0.404 e. The number of aromatic nitrogens is 6. The molecule has 4 aromatic rings. The average Bonchev–Trinajstić information content (AvgIpc) is 3.20. The molecule has 0 saturated carbocycles. The predicted molar refractivity (Wildman–Crippen MR) is 121 cm³/mol. The normalized spacial score (nSPS) is 12.0. The molecular weight excluding hydrogens is 414 g/mol. The number of aliphatic imine (C=N–C) groups is 1. The number of amidine groups is 1. The lowest BCUT2D eigenvalue weighted by Crippen LogP contribution is -2.12. The lowest BCUT2D eigenvalue weighted by molar-refractivity contribution is 0.784. The molecule has 0 radical (unpaired) electrons. The minimum Gasteiger partial charge on any atom is -0.404 e. The van der Waals surface area contributed by atoms with Gasteiger partial charge in [-0.2, -0.15) is 9.61 Å². The Hall–Kier alpha value is -3.85. The second-order valence-corrected chi connectivity index (χ2v) is 7.06. The third-order valence-corrected chi connectivity index (χ3v) is 4.77. The van der Waals surface area contributed by atoms with Crippen molar-refractivity contribution in [3.05, 3.63) is 77.5 Å². The van der Waals surface area contributed by atoms with Gasteiger partial charge >= 0.3 is 0 Å². The highest BCUT2D eigenvalue weighted by Crippen LogP contribution is 2.19. The van der Waals surface area contributed by atoms with Crippen LogP contribution in [0, 0.1) is 0 Å². The van der Waals surface area contributed by atoms with Crippen LogP contribution < -0.4 is 11.1 Å². The Morgan fingerprint density at radius 1 is 1.23 bits per heavy atom. The zero-order chi connectivity index (χ0) is 21.6. The first-order valence-electron chi connectivity index (χ1n) is 9.56. The van der Waals surface area contributed by atoms with E-state index in [2.05, 4.69) is 35.6 Å². The molecule has 156 valence electrons. The van der Waals surface area contributed by atoms with Crippen molar-refractivity contribution in [1.29, 1.82) is 0 Å². The monoisotopic (exact) mass is 433 g/mol. The summed E-state index contributed by atoms with van der Waals surface area (Å²) in [5, 5.41) is 16.8. The number of rotatable bonds is 6. The van der Waals surface area contributed by atoms with Gasteiger partial charge in [0.15, 0.2) is 11.5 Å². The molecule has 10 heteroatoms. The van der Waals surface area contributed by atoms with E-state index < -0.39 is 0 Å². The van der Waals surface area contributed by atoms with Gasteiger partial charge in [-0.15, -0.1) is 10.2 Å². The molecule has 0 aliphatic heterocycles. The number of nitrogens with two attached hydrogens (primary N) is 1. The van der Waals surface area contributed by atoms with E-state index in [4.69, 9.17) is 17.3 Å². The SMILES string of the molecule is CN=C(C=CN)Nc1nccc(-c2cnn3c(CCc4cccc(Cl)c4)nnc3c2)n1. The summed E-state index contributed by atoms with van der Waals surface area (Å²) in [7, 11) is 1.65. The Bertz CT molecular complexity index is 1260. The summed E-state index contributed by atoms with van der Waals surface area (Å²) >= 11 is 6.06. The molecule has 0 aliphatic rings. The van der Waals surface area contributed by atoms with Crippen molar-refractivity contribution >= 4 is 29.0 Å². The highest BCUT2D eigenvalue weighted by Gasteiger charge is 2.10. The molecule has 0 atom stereocenters. The summed E-state index contributed by atoms with van der Waals surface area (Å²) in [6.45, 7) is 0. The van der Waals surface area contributed by atoms with Crippen LogP contribution in [0.4, 0.5) is 5.95 Å². The van der Waals surface area contributed by atoms with E-state index in [-0.39, 0.29) is 0 Å². The van der Waals surface area contributed by atoms with Gasteiger partial charge in [-0.25, -0.2) is 9.97 Å². The smallest absolute Gasteiger partial charge is 0.228 e. The summed E-state index contributed by atoms with van der Waals surface area (Å²) in [5.74, 6) is 1.73. The molecule has 0 aliphatic carbocycles. The number of nitrogens with one attached hydrogen (secondary N) is 1. The van der Waals surface area contributed by atoms with Crippen molar-refractivity contribution in [2.45, 2.75) is 12.8 Å². The van der Waals surface area contributed by atoms with Crippen LogP contribution in [0.25, 0.3) is 16.9 Å². The molecule has 3 aromatic heterocycles. The van der Waals surface area contributed by atoms with E-state index in [0.29, 0.717) is 29.5 Å². The number of aryl methyl sites for hydroxylation is 2. The molecule has 0 fully saturated rings. The van der Waals surface area contributed by atoms with E-state index in [1.807, 2.05) is 30.3 Å². The number of hydrogen-bond acceptors (Lipinski definition) is 7. The van der Waals surface area contributed by atoms with Crippen molar-refractivity contribution < 1.29 is 0 Å². The molecule has 4 rings (SSSR count). The van der Waals surface area contributed by atoms with Gasteiger partial charge in [0.1, 0.15) is 5.84 Å². The topological polar surface area (TPSA) is 119 Å². The fourth-order valence-electron chi connectivity index (χ4n) is 3.04. The number of benzene rings is 1. The highest BCUT2D eigenvalue weighted by molar-refractivity contribution is 6.30. The quantitative estimate of drug-likeness (QED) is 0.354. The van der Waals surface area contributed by atoms with Gasteiger partial charge in [0.05, 0.1) is 11.9 Å². The Morgan fingerprint density at radius 2 is 2.13 bits per heavy atom. The Morgan fingerprint density at radius 3 is 2.94 bits per heavy atom. The molecule has 0 bridgehead atoms. The zero-order valence-corrected chi connectivity index (χ0v) is 17.5. The zero-order valence-electron chi connectivity index (χ0n) is 16.8. The van der Waals surface area contributed by atoms with Gasteiger partial charge in [0.25, 0.3) is 0 Å². The maximum Gasteiger partial charge on any atom is 0.228 e. The lowest BCUT2D eigenvalue weighted by Gasteiger charge is -2.06. The van der Waals surface area contributed by atoms with E-state index in [0.717, 1.165) is 28.4 Å². The minimum absolute atomic E-state index is 0.403. The molecule has 0 saturated heterocycles. The molecule has 0 spiro atoms. The van der Waals surface area contributed by atoms with Crippen LogP contribution in [-0.4, -0.2) is 42.7 Å². The first-order chi connectivity index (χ1) is 15.2. The van der Waals surface area contributed by atoms with Gasteiger partial charge in [-0.05, 0) is 48.5 Å². The van der Waals surface area contributed by atoms with Crippen molar-refractivity contribution in [3.8, 4) is 11.3 Å². The molecule has 1 aromatic carbocycles. The molecule has 31 heavy (non-hydrogen) atoms. The second kappa shape index (κ2) is 9.31. The van der Waals surface area contributed by atoms with E-state index in [1.165, 1.54) is 6.20 Å². The number of fused-ring (bicyclic) bond motifs is 1. The first kappa shape index (κ1) is 20.4. The van der Waals surface area contributed by atoms with Crippen LogP contribution in [0.2, 0.25) is 5.02 Å². The fourth-order valence-corrected chi connectivity index (χ4v) is 3.25. The van der Waals surface area contributed by atoms with Crippen molar-refractivity contribution in [2.75, 3.05) is 12.4 Å². The molecule has 9 nitrogen and oxygen atoms in total. The van der Waals surface area contributed by atoms with Gasteiger partial charge in [-0.3, -0.25) is 4.99 Å². The highest BCUT2D eigenvalue weighted by atomic mass is 35.5. The third kappa shape index (κ3) is 4.84. The minimum atomic E-state index is 0.403. The molecule has 0 unspecified atom stereocenters. The predicted octanol–water partition coefficient (Wildman–Crippen LogP) is 2.93. The summed E-state index contributed by atoms with van der Waals surface area (Å²) in [6, 6.07) is 11.5. The maximum absolute atomic E-state index is 6.06. The van der Waals surface area contributed by atoms with Gasteiger partial charge in [0.2, 0.25) is 5.95 Å². The van der Waals surface area contributed by atoms with Crippen LogP contribution in [0.1, 0.15) is 11.4 Å². The number of nitrogens with zero attached hydrogens (tertiary/aromatic N) is 7. The van der Waals surface area contributed by atoms with E-state index in [1.54, 1.807) is 36.1 Å². The van der Waals surface area contributed by atoms with Crippen LogP contribution >= 0.6 is 11.6 Å². The van der Waals surface area contributed by atoms with Crippen molar-refractivity contribution in [2.24, 2.45) is 10.7 Å². The van der Waals surface area contributed by atoms with Crippen molar-refractivity contribution in [3.63, 3.8) is 0 Å². The maximum atomic E-state index is 6.06. The second-order valence-electron chi connectivity index (χ2n) is 6.62. The fraction of sp³-hybridized carbons (Fsp3) is 0.143. The number of hydrogen-bond donors (Lipinski definition) is 2. The van der Waals surface area contributed by atoms with Gasteiger partial charge in [0, 0.05) is 30.3 Å². The summed E-state index contributed by atoms with van der Waals surface area (Å²) in [4.78, 5) is 12.8. The molecular formula is C21H20ClN9. The molecule has 0 amide bonds. The Labute approximate surface area is 183 Å². The van der Waals surface area contributed by atoms with Crippen LogP contribution in [0.15, 0.2) is 66.1 Å². The molecule has 3 heterocycles. The number of anilines is 1. The summed E-state index contributed by atoms with van der Waals surface area (Å²) in [6.07, 6.45) is 7.92. The van der Waals surface area contributed by atoms with Gasteiger partial charge in [-0.1, -0.05) is 23.7 Å². The summed E-state index contributed by atoms with van der Waals surface area (Å²) < 4.78 is 1.74. The van der Waals surface area contributed by atoms with Crippen LogP contribution in [0.5, 0.6) is 0 Å². The van der Waals surface area contributed by atoms with E-state index in [9.17, 15) is 0 Å².